The van der Waals surface area contributed by atoms with E-state index in [9.17, 15) is 10.1 Å². The molecule has 2 heterocycles. The Labute approximate surface area is 119 Å². The minimum atomic E-state index is -0.601. The zero-order chi connectivity index (χ0) is 14.8. The van der Waals surface area contributed by atoms with Crippen LogP contribution in [-0.2, 0) is 0 Å². The number of aromatic nitrogens is 2. The number of furan rings is 1. The molecule has 0 bridgehead atoms. The van der Waals surface area contributed by atoms with Gasteiger partial charge in [-0.15, -0.1) is 0 Å². The summed E-state index contributed by atoms with van der Waals surface area (Å²) < 4.78 is 6.80. The molecule has 1 aromatic carbocycles. The Morgan fingerprint density at radius 1 is 1.24 bits per heavy atom. The SMILES string of the molecule is NC(c1cnn(-c2ccccc2)c1)c1ccc([N+](=O)[O-])o1. The van der Waals surface area contributed by atoms with Crippen LogP contribution in [0.1, 0.15) is 17.4 Å². The molecule has 7 nitrogen and oxygen atoms in total. The number of para-hydroxylation sites is 1. The molecular formula is C14H12N4O3. The summed E-state index contributed by atoms with van der Waals surface area (Å²) >= 11 is 0. The molecule has 2 N–H and O–H groups in total. The minimum absolute atomic E-state index is 0.323. The van der Waals surface area contributed by atoms with Gasteiger partial charge in [-0.2, -0.15) is 5.10 Å². The molecule has 1 atom stereocenters. The van der Waals surface area contributed by atoms with Gasteiger partial charge in [0.25, 0.3) is 0 Å². The molecule has 3 rings (SSSR count). The lowest BCUT2D eigenvalue weighted by Gasteiger charge is -2.04. The first kappa shape index (κ1) is 13.1. The fourth-order valence-corrected chi connectivity index (χ4v) is 1.99. The van der Waals surface area contributed by atoms with E-state index in [-0.39, 0.29) is 5.88 Å². The largest absolute Gasteiger partial charge is 0.433 e. The summed E-state index contributed by atoms with van der Waals surface area (Å²) in [6.45, 7) is 0. The van der Waals surface area contributed by atoms with Crippen LogP contribution < -0.4 is 5.73 Å². The van der Waals surface area contributed by atoms with E-state index in [4.69, 9.17) is 10.2 Å². The first-order valence-electron chi connectivity index (χ1n) is 6.25. The van der Waals surface area contributed by atoms with Crippen LogP contribution in [0.4, 0.5) is 5.88 Å². The zero-order valence-electron chi connectivity index (χ0n) is 10.9. The molecule has 0 radical (unpaired) electrons. The van der Waals surface area contributed by atoms with Crippen molar-refractivity contribution < 1.29 is 9.34 Å². The Hall–Kier alpha value is -2.93. The Morgan fingerprint density at radius 3 is 2.67 bits per heavy atom. The summed E-state index contributed by atoms with van der Waals surface area (Å²) in [7, 11) is 0. The van der Waals surface area contributed by atoms with Gasteiger partial charge in [-0.1, -0.05) is 18.2 Å². The molecule has 0 aliphatic rings. The van der Waals surface area contributed by atoms with Crippen molar-refractivity contribution in [1.82, 2.24) is 9.78 Å². The van der Waals surface area contributed by atoms with E-state index in [1.165, 1.54) is 12.1 Å². The fraction of sp³-hybridized carbons (Fsp3) is 0.0714. The second-order valence-electron chi connectivity index (χ2n) is 4.46. The minimum Gasteiger partial charge on any atom is -0.404 e. The molecule has 0 amide bonds. The standard InChI is InChI=1S/C14H12N4O3/c15-14(12-6-7-13(21-12)18(19)20)10-8-16-17(9-10)11-4-2-1-3-5-11/h1-9,14H,15H2. The summed E-state index contributed by atoms with van der Waals surface area (Å²) in [6.07, 6.45) is 3.39. The monoisotopic (exact) mass is 284 g/mol. The van der Waals surface area contributed by atoms with Crippen LogP contribution in [0.25, 0.3) is 5.69 Å². The summed E-state index contributed by atoms with van der Waals surface area (Å²) in [6, 6.07) is 11.8. The molecule has 3 aromatic rings. The van der Waals surface area contributed by atoms with Crippen molar-refractivity contribution in [2.24, 2.45) is 5.73 Å². The van der Waals surface area contributed by atoms with E-state index in [2.05, 4.69) is 5.10 Å². The predicted octanol–water partition coefficient (Wildman–Crippen LogP) is 2.42. The van der Waals surface area contributed by atoms with Gasteiger partial charge in [0.2, 0.25) is 0 Å². The van der Waals surface area contributed by atoms with Crippen molar-refractivity contribution in [1.29, 1.82) is 0 Å². The molecule has 21 heavy (non-hydrogen) atoms. The van der Waals surface area contributed by atoms with Crippen LogP contribution in [0.2, 0.25) is 0 Å². The summed E-state index contributed by atoms with van der Waals surface area (Å²) in [5.41, 5.74) is 7.67. The highest BCUT2D eigenvalue weighted by atomic mass is 16.6. The van der Waals surface area contributed by atoms with E-state index in [0.717, 1.165) is 5.69 Å². The lowest BCUT2D eigenvalue weighted by Crippen LogP contribution is -2.10. The maximum atomic E-state index is 10.6. The average Bonchev–Trinajstić information content (AvgIpc) is 3.17. The van der Waals surface area contributed by atoms with E-state index in [1.807, 2.05) is 30.3 Å². The maximum Gasteiger partial charge on any atom is 0.433 e. The molecule has 106 valence electrons. The zero-order valence-corrected chi connectivity index (χ0v) is 10.9. The van der Waals surface area contributed by atoms with Crippen LogP contribution in [-0.4, -0.2) is 14.7 Å². The lowest BCUT2D eigenvalue weighted by molar-refractivity contribution is -0.402. The van der Waals surface area contributed by atoms with Crippen molar-refractivity contribution >= 4 is 5.88 Å². The van der Waals surface area contributed by atoms with Gasteiger partial charge in [0.05, 0.1) is 24.0 Å². The maximum absolute atomic E-state index is 10.6. The van der Waals surface area contributed by atoms with E-state index < -0.39 is 11.0 Å². The predicted molar refractivity (Wildman–Crippen MR) is 75.0 cm³/mol. The van der Waals surface area contributed by atoms with Crippen molar-refractivity contribution in [3.05, 3.63) is 76.3 Å². The van der Waals surface area contributed by atoms with Crippen molar-refractivity contribution in [3.8, 4) is 5.69 Å². The van der Waals surface area contributed by atoms with E-state index in [0.29, 0.717) is 11.3 Å². The molecule has 0 saturated heterocycles. The smallest absolute Gasteiger partial charge is 0.404 e. The van der Waals surface area contributed by atoms with Gasteiger partial charge < -0.3 is 10.2 Å². The molecule has 0 saturated carbocycles. The lowest BCUT2D eigenvalue weighted by atomic mass is 10.1. The van der Waals surface area contributed by atoms with Gasteiger partial charge in [0.1, 0.15) is 10.7 Å². The number of nitrogens with two attached hydrogens (primary N) is 1. The van der Waals surface area contributed by atoms with E-state index in [1.54, 1.807) is 17.1 Å². The Balaban J connectivity index is 1.87. The quantitative estimate of drug-likeness (QED) is 0.585. The Bertz CT molecular complexity index is 763. The van der Waals surface area contributed by atoms with Crippen LogP contribution in [0.5, 0.6) is 0 Å². The molecule has 0 aliphatic heterocycles. The number of rotatable bonds is 4. The van der Waals surface area contributed by atoms with Crippen LogP contribution in [0, 0.1) is 10.1 Å². The number of benzene rings is 1. The molecule has 2 aromatic heterocycles. The van der Waals surface area contributed by atoms with Gasteiger partial charge >= 0.3 is 5.88 Å². The topological polar surface area (TPSA) is 100 Å². The van der Waals surface area contributed by atoms with Crippen molar-refractivity contribution in [3.63, 3.8) is 0 Å². The number of nitrogens with zero attached hydrogens (tertiary/aromatic N) is 3. The Morgan fingerprint density at radius 2 is 2.00 bits per heavy atom. The third kappa shape index (κ3) is 2.54. The highest BCUT2D eigenvalue weighted by Crippen LogP contribution is 2.25. The molecular weight excluding hydrogens is 272 g/mol. The fourth-order valence-electron chi connectivity index (χ4n) is 1.99. The Kier molecular flexibility index (Phi) is 3.25. The normalized spacial score (nSPS) is 12.2. The van der Waals surface area contributed by atoms with Crippen molar-refractivity contribution in [2.75, 3.05) is 0 Å². The highest BCUT2D eigenvalue weighted by molar-refractivity contribution is 5.33. The third-order valence-corrected chi connectivity index (χ3v) is 3.08. The molecule has 7 heteroatoms. The van der Waals surface area contributed by atoms with Crippen LogP contribution in [0.3, 0.4) is 0 Å². The van der Waals surface area contributed by atoms with Crippen LogP contribution >= 0.6 is 0 Å². The van der Waals surface area contributed by atoms with Gasteiger partial charge in [0, 0.05) is 11.8 Å². The van der Waals surface area contributed by atoms with Crippen molar-refractivity contribution in [2.45, 2.75) is 6.04 Å². The highest BCUT2D eigenvalue weighted by Gasteiger charge is 2.19. The van der Waals surface area contributed by atoms with Gasteiger partial charge in [-0.3, -0.25) is 10.1 Å². The number of hydrogen-bond acceptors (Lipinski definition) is 5. The third-order valence-electron chi connectivity index (χ3n) is 3.08. The summed E-state index contributed by atoms with van der Waals surface area (Å²) in [5.74, 6) is 0.00483. The molecule has 0 aliphatic carbocycles. The van der Waals surface area contributed by atoms with Gasteiger partial charge in [-0.05, 0) is 18.2 Å². The van der Waals surface area contributed by atoms with Gasteiger partial charge in [0.15, 0.2) is 0 Å². The van der Waals surface area contributed by atoms with E-state index >= 15 is 0 Å². The second kappa shape index (κ2) is 5.22. The second-order valence-corrected chi connectivity index (χ2v) is 4.46. The van der Waals surface area contributed by atoms with Gasteiger partial charge in [-0.25, -0.2) is 4.68 Å². The molecule has 1 unspecified atom stereocenters. The van der Waals surface area contributed by atoms with Crippen LogP contribution in [0.15, 0.2) is 59.3 Å². The molecule has 0 spiro atoms. The average molecular weight is 284 g/mol. The first-order chi connectivity index (χ1) is 10.1. The summed E-state index contributed by atoms with van der Waals surface area (Å²) in [4.78, 5) is 10.0. The number of hydrogen-bond donors (Lipinski definition) is 1. The first-order valence-corrected chi connectivity index (χ1v) is 6.25. The number of nitro groups is 1. The molecule has 0 fully saturated rings. The summed E-state index contributed by atoms with van der Waals surface area (Å²) in [5, 5.41) is 14.9.